The number of rotatable bonds is 4. The number of pyridine rings is 1. The maximum atomic E-state index is 12.3. The van der Waals surface area contributed by atoms with Crippen LogP contribution in [0.5, 0.6) is 5.75 Å². The van der Waals surface area contributed by atoms with Crippen LogP contribution in [0.15, 0.2) is 18.3 Å². The number of methoxy groups -OCH3 is 1. The zero-order valence-electron chi connectivity index (χ0n) is 12.1. The molecule has 0 aromatic carbocycles. The molecule has 1 fully saturated rings. The summed E-state index contributed by atoms with van der Waals surface area (Å²) < 4.78 is 7.30. The van der Waals surface area contributed by atoms with Gasteiger partial charge in [-0.1, -0.05) is 6.92 Å². The molecule has 1 amide bonds. The molecule has 2 heterocycles. The Morgan fingerprint density at radius 3 is 2.90 bits per heavy atom. The van der Waals surface area contributed by atoms with E-state index in [1.165, 1.54) is 0 Å². The lowest BCUT2D eigenvalue weighted by molar-refractivity contribution is -0.119. The fourth-order valence-corrected chi connectivity index (χ4v) is 2.54. The van der Waals surface area contributed by atoms with E-state index in [0.29, 0.717) is 0 Å². The van der Waals surface area contributed by atoms with Crippen LogP contribution in [-0.2, 0) is 11.2 Å². The van der Waals surface area contributed by atoms with Crippen LogP contribution in [0, 0.1) is 5.92 Å². The maximum Gasteiger partial charge on any atom is 0.231 e. The lowest BCUT2D eigenvalue weighted by Gasteiger charge is -2.18. The fraction of sp³-hybridized carbons (Fsp3) is 0.467. The average Bonchev–Trinajstić information content (AvgIpc) is 3.25. The van der Waals surface area contributed by atoms with Gasteiger partial charge in [0.25, 0.3) is 0 Å². The van der Waals surface area contributed by atoms with Crippen molar-refractivity contribution in [1.29, 1.82) is 0 Å². The molecule has 2 aromatic heterocycles. The van der Waals surface area contributed by atoms with Crippen molar-refractivity contribution in [2.45, 2.75) is 26.2 Å². The van der Waals surface area contributed by atoms with Gasteiger partial charge in [0.05, 0.1) is 12.8 Å². The van der Waals surface area contributed by atoms with Gasteiger partial charge in [-0.2, -0.15) is 0 Å². The molecule has 1 aliphatic carbocycles. The van der Waals surface area contributed by atoms with Gasteiger partial charge in [-0.05, 0) is 31.4 Å². The quantitative estimate of drug-likeness (QED) is 0.858. The molecule has 1 aliphatic rings. The highest BCUT2D eigenvalue weighted by atomic mass is 16.5. The first kappa shape index (κ1) is 13.0. The third-order valence-electron chi connectivity index (χ3n) is 3.79. The molecule has 3 rings (SSSR count). The third kappa shape index (κ3) is 1.94. The number of hydrogen-bond acceptors (Lipinski definition) is 3. The second-order valence-corrected chi connectivity index (χ2v) is 5.18. The number of anilines is 1. The molecule has 0 unspecified atom stereocenters. The van der Waals surface area contributed by atoms with Gasteiger partial charge in [0, 0.05) is 19.2 Å². The highest BCUT2D eigenvalue weighted by molar-refractivity contribution is 5.96. The van der Waals surface area contributed by atoms with Gasteiger partial charge < -0.3 is 4.74 Å². The van der Waals surface area contributed by atoms with Crippen molar-refractivity contribution in [1.82, 2.24) is 9.38 Å². The predicted molar refractivity (Wildman–Crippen MR) is 77.3 cm³/mol. The summed E-state index contributed by atoms with van der Waals surface area (Å²) in [6.07, 6.45) is 4.72. The molecule has 0 saturated heterocycles. The van der Waals surface area contributed by atoms with E-state index in [1.807, 2.05) is 36.7 Å². The molecule has 1 saturated carbocycles. The predicted octanol–water partition coefficient (Wildman–Crippen LogP) is 2.28. The Balaban J connectivity index is 2.14. The molecule has 5 heteroatoms. The molecule has 0 N–H and O–H groups in total. The summed E-state index contributed by atoms with van der Waals surface area (Å²) in [6, 6.07) is 3.79. The number of hydrogen-bond donors (Lipinski definition) is 0. The van der Waals surface area contributed by atoms with Crippen molar-refractivity contribution < 1.29 is 9.53 Å². The summed E-state index contributed by atoms with van der Waals surface area (Å²) in [5.74, 6) is 1.96. The highest BCUT2D eigenvalue weighted by Gasteiger charge is 2.34. The van der Waals surface area contributed by atoms with Gasteiger partial charge in [0.15, 0.2) is 11.4 Å². The fourth-order valence-electron chi connectivity index (χ4n) is 2.54. The highest BCUT2D eigenvalue weighted by Crippen LogP contribution is 2.34. The summed E-state index contributed by atoms with van der Waals surface area (Å²) in [6.45, 7) is 2.05. The van der Waals surface area contributed by atoms with Crippen LogP contribution >= 0.6 is 0 Å². The molecule has 106 valence electrons. The Kier molecular flexibility index (Phi) is 3.12. The summed E-state index contributed by atoms with van der Waals surface area (Å²) in [4.78, 5) is 18.7. The van der Waals surface area contributed by atoms with Gasteiger partial charge in [-0.25, -0.2) is 4.98 Å². The zero-order chi connectivity index (χ0) is 14.3. The first-order valence-electron chi connectivity index (χ1n) is 6.98. The summed E-state index contributed by atoms with van der Waals surface area (Å²) in [7, 11) is 3.47. The minimum atomic E-state index is 0.185. The smallest absolute Gasteiger partial charge is 0.231 e. The molecule has 0 radical (unpaired) electrons. The molecule has 20 heavy (non-hydrogen) atoms. The number of fused-ring (bicyclic) bond motifs is 1. The largest absolute Gasteiger partial charge is 0.493 e. The third-order valence-corrected chi connectivity index (χ3v) is 3.79. The van der Waals surface area contributed by atoms with Crippen molar-refractivity contribution in [3.05, 3.63) is 24.0 Å². The summed E-state index contributed by atoms with van der Waals surface area (Å²) >= 11 is 0. The molecular formula is C15H19N3O2. The van der Waals surface area contributed by atoms with E-state index < -0.39 is 0 Å². The Morgan fingerprint density at radius 2 is 2.30 bits per heavy atom. The number of imidazole rings is 1. The molecule has 0 bridgehead atoms. The zero-order valence-corrected chi connectivity index (χ0v) is 12.1. The van der Waals surface area contributed by atoms with E-state index in [4.69, 9.17) is 4.74 Å². The first-order chi connectivity index (χ1) is 9.67. The summed E-state index contributed by atoms with van der Waals surface area (Å²) in [5, 5.41) is 0. The lowest BCUT2D eigenvalue weighted by atomic mass is 10.3. The van der Waals surface area contributed by atoms with Crippen LogP contribution in [-0.4, -0.2) is 29.4 Å². The SMILES string of the molecule is CCc1nc2c(OC)cccn2c1N(C)C(=O)C1CC1. The molecule has 0 spiro atoms. The van der Waals surface area contributed by atoms with Gasteiger partial charge in [-0.15, -0.1) is 0 Å². The lowest BCUT2D eigenvalue weighted by Crippen LogP contribution is -2.29. The van der Waals surface area contributed by atoms with Crippen LogP contribution in [0.1, 0.15) is 25.5 Å². The van der Waals surface area contributed by atoms with E-state index in [1.54, 1.807) is 12.0 Å². The van der Waals surface area contributed by atoms with E-state index in [-0.39, 0.29) is 11.8 Å². The molecule has 5 nitrogen and oxygen atoms in total. The first-order valence-corrected chi connectivity index (χ1v) is 6.98. The monoisotopic (exact) mass is 273 g/mol. The van der Waals surface area contributed by atoms with E-state index in [9.17, 15) is 4.79 Å². The number of carbonyl (C=O) groups is 1. The summed E-state index contributed by atoms with van der Waals surface area (Å²) in [5.41, 5.74) is 1.68. The minimum Gasteiger partial charge on any atom is -0.493 e. The van der Waals surface area contributed by atoms with E-state index in [2.05, 4.69) is 4.98 Å². The van der Waals surface area contributed by atoms with E-state index >= 15 is 0 Å². The normalized spacial score (nSPS) is 14.6. The van der Waals surface area contributed by atoms with Gasteiger partial charge in [-0.3, -0.25) is 14.1 Å². The number of aromatic nitrogens is 2. The van der Waals surface area contributed by atoms with Crippen molar-refractivity contribution in [3.8, 4) is 5.75 Å². The number of amides is 1. The number of nitrogens with zero attached hydrogens (tertiary/aromatic N) is 3. The average molecular weight is 273 g/mol. The second-order valence-electron chi connectivity index (χ2n) is 5.18. The maximum absolute atomic E-state index is 12.3. The number of ether oxygens (including phenoxy) is 1. The van der Waals surface area contributed by atoms with Gasteiger partial charge >= 0.3 is 0 Å². The second kappa shape index (κ2) is 4.81. The topological polar surface area (TPSA) is 46.8 Å². The van der Waals surface area contributed by atoms with Gasteiger partial charge in [0.1, 0.15) is 5.82 Å². The Morgan fingerprint density at radius 1 is 1.55 bits per heavy atom. The molecular weight excluding hydrogens is 254 g/mol. The van der Waals surface area contributed by atoms with Crippen molar-refractivity contribution in [2.24, 2.45) is 5.92 Å². The standard InChI is InChI=1S/C15H19N3O2/c1-4-11-14(17(2)15(19)10-7-8-10)18-9-5-6-12(20-3)13(18)16-11/h5-6,9-10H,4,7-8H2,1-3H3. The molecule has 0 atom stereocenters. The molecule has 2 aromatic rings. The van der Waals surface area contributed by atoms with Crippen LogP contribution < -0.4 is 9.64 Å². The minimum absolute atomic E-state index is 0.185. The van der Waals surface area contributed by atoms with Crippen molar-refractivity contribution >= 4 is 17.4 Å². The Bertz CT molecular complexity index is 658. The van der Waals surface area contributed by atoms with Crippen LogP contribution in [0.25, 0.3) is 5.65 Å². The Labute approximate surface area is 118 Å². The van der Waals surface area contributed by atoms with Gasteiger partial charge in [0.2, 0.25) is 5.91 Å². The van der Waals surface area contributed by atoms with Crippen LogP contribution in [0.4, 0.5) is 5.82 Å². The van der Waals surface area contributed by atoms with Crippen molar-refractivity contribution in [3.63, 3.8) is 0 Å². The number of carbonyl (C=O) groups excluding carboxylic acids is 1. The molecule has 0 aliphatic heterocycles. The van der Waals surface area contributed by atoms with Crippen molar-refractivity contribution in [2.75, 3.05) is 19.1 Å². The number of aryl methyl sites for hydroxylation is 1. The Hall–Kier alpha value is -2.04. The van der Waals surface area contributed by atoms with Crippen LogP contribution in [0.3, 0.4) is 0 Å². The van der Waals surface area contributed by atoms with E-state index in [0.717, 1.165) is 42.2 Å². The van der Waals surface area contributed by atoms with Crippen LogP contribution in [0.2, 0.25) is 0 Å².